The molecule has 0 saturated heterocycles. The average Bonchev–Trinajstić information content (AvgIpc) is 2.48. The minimum Gasteiger partial charge on any atom is -0.504 e. The van der Waals surface area contributed by atoms with Crippen molar-refractivity contribution in [3.05, 3.63) is 59.6 Å². The Morgan fingerprint density at radius 3 is 2.90 bits per heavy atom. The van der Waals surface area contributed by atoms with Crippen molar-refractivity contribution < 1.29 is 9.50 Å². The van der Waals surface area contributed by atoms with Gasteiger partial charge in [0.25, 0.3) is 0 Å². The summed E-state index contributed by atoms with van der Waals surface area (Å²) in [6.07, 6.45) is 4.83. The highest BCUT2D eigenvalue weighted by Crippen LogP contribution is 2.15. The molecule has 0 saturated carbocycles. The molecule has 6 heteroatoms. The summed E-state index contributed by atoms with van der Waals surface area (Å²) in [7, 11) is 0. The maximum atomic E-state index is 13.2. The molecule has 20 heavy (non-hydrogen) atoms. The van der Waals surface area contributed by atoms with Gasteiger partial charge in [-0.1, -0.05) is 6.07 Å². The summed E-state index contributed by atoms with van der Waals surface area (Å²) < 4.78 is 13.2. The fourth-order valence-electron chi connectivity index (χ4n) is 1.99. The standard InChI is InChI=1S/C14H13FN4O/c15-10-7-16-8-13(14(10)20)19-6-9-1-2-11-12(5-9)18-4-3-17-11/h1-5,8,16,19-20H,6-7H2. The van der Waals surface area contributed by atoms with E-state index in [1.807, 2.05) is 18.2 Å². The molecule has 0 amide bonds. The molecule has 2 aromatic rings. The van der Waals surface area contributed by atoms with E-state index in [1.54, 1.807) is 18.6 Å². The molecule has 0 radical (unpaired) electrons. The summed E-state index contributed by atoms with van der Waals surface area (Å²) in [6.45, 7) is 0.472. The second-order valence-corrected chi connectivity index (χ2v) is 4.43. The van der Waals surface area contributed by atoms with Gasteiger partial charge in [0.1, 0.15) is 0 Å². The van der Waals surface area contributed by atoms with E-state index in [9.17, 15) is 9.50 Å². The molecular weight excluding hydrogens is 259 g/mol. The molecule has 3 rings (SSSR count). The molecule has 1 aliphatic rings. The number of hydrogen-bond donors (Lipinski definition) is 3. The lowest BCUT2D eigenvalue weighted by Gasteiger charge is -2.16. The highest BCUT2D eigenvalue weighted by Gasteiger charge is 2.14. The quantitative estimate of drug-likeness (QED) is 0.796. The molecule has 1 aliphatic heterocycles. The number of halogens is 1. The number of fused-ring (bicyclic) bond motifs is 1. The Morgan fingerprint density at radius 1 is 1.25 bits per heavy atom. The van der Waals surface area contributed by atoms with Crippen LogP contribution in [0.15, 0.2) is 54.1 Å². The first kappa shape index (κ1) is 12.4. The molecule has 0 aliphatic carbocycles. The number of benzene rings is 1. The summed E-state index contributed by atoms with van der Waals surface area (Å²) >= 11 is 0. The lowest BCUT2D eigenvalue weighted by atomic mass is 10.2. The minimum atomic E-state index is -0.570. The highest BCUT2D eigenvalue weighted by atomic mass is 19.1. The summed E-state index contributed by atoms with van der Waals surface area (Å²) in [5, 5.41) is 15.3. The maximum absolute atomic E-state index is 13.2. The first-order valence-electron chi connectivity index (χ1n) is 6.19. The van der Waals surface area contributed by atoms with Gasteiger partial charge in [0, 0.05) is 25.1 Å². The maximum Gasteiger partial charge on any atom is 0.173 e. The largest absolute Gasteiger partial charge is 0.504 e. The van der Waals surface area contributed by atoms with E-state index in [-0.39, 0.29) is 12.3 Å². The van der Waals surface area contributed by atoms with E-state index in [0.717, 1.165) is 16.6 Å². The molecule has 0 fully saturated rings. The molecule has 2 heterocycles. The van der Waals surface area contributed by atoms with E-state index < -0.39 is 5.83 Å². The van der Waals surface area contributed by atoms with Gasteiger partial charge in [0.15, 0.2) is 11.6 Å². The number of aliphatic hydroxyl groups excluding tert-OH is 1. The molecule has 102 valence electrons. The predicted octanol–water partition coefficient (Wildman–Crippen LogP) is 1.90. The van der Waals surface area contributed by atoms with Crippen LogP contribution < -0.4 is 10.6 Å². The fraction of sp³-hybridized carbons (Fsp3) is 0.143. The second kappa shape index (κ2) is 5.16. The number of nitrogens with one attached hydrogen (secondary N) is 2. The van der Waals surface area contributed by atoms with Crippen molar-refractivity contribution in [2.75, 3.05) is 6.54 Å². The van der Waals surface area contributed by atoms with Gasteiger partial charge in [-0.3, -0.25) is 9.97 Å². The Bertz CT molecular complexity index is 711. The zero-order valence-electron chi connectivity index (χ0n) is 10.6. The smallest absolute Gasteiger partial charge is 0.173 e. The van der Waals surface area contributed by atoms with Crippen molar-refractivity contribution in [1.82, 2.24) is 20.6 Å². The van der Waals surface area contributed by atoms with E-state index >= 15 is 0 Å². The van der Waals surface area contributed by atoms with Crippen LogP contribution in [0.5, 0.6) is 0 Å². The monoisotopic (exact) mass is 272 g/mol. The molecule has 0 atom stereocenters. The van der Waals surface area contributed by atoms with Crippen LogP contribution in [0.25, 0.3) is 11.0 Å². The van der Waals surface area contributed by atoms with Crippen LogP contribution in [-0.2, 0) is 6.54 Å². The third kappa shape index (κ3) is 2.40. The van der Waals surface area contributed by atoms with Crippen LogP contribution in [0.2, 0.25) is 0 Å². The summed E-state index contributed by atoms with van der Waals surface area (Å²) in [6, 6.07) is 5.70. The molecule has 5 nitrogen and oxygen atoms in total. The average molecular weight is 272 g/mol. The SMILES string of the molecule is OC1=C(F)CNC=C1NCc1ccc2nccnc2c1. The number of aromatic nitrogens is 2. The lowest BCUT2D eigenvalue weighted by Crippen LogP contribution is -2.24. The van der Waals surface area contributed by atoms with Gasteiger partial charge < -0.3 is 15.7 Å². The van der Waals surface area contributed by atoms with Crippen LogP contribution >= 0.6 is 0 Å². The molecule has 1 aromatic heterocycles. The summed E-state index contributed by atoms with van der Waals surface area (Å²) in [4.78, 5) is 8.42. The Kier molecular flexibility index (Phi) is 3.20. The second-order valence-electron chi connectivity index (χ2n) is 4.43. The molecule has 0 spiro atoms. The molecule has 0 unspecified atom stereocenters. The number of dihydropyridines is 1. The summed E-state index contributed by atoms with van der Waals surface area (Å²) in [5.74, 6) is -0.913. The molecule has 1 aromatic carbocycles. The Morgan fingerprint density at radius 2 is 2.05 bits per heavy atom. The normalized spacial score (nSPS) is 14.9. The predicted molar refractivity (Wildman–Crippen MR) is 73.2 cm³/mol. The molecular formula is C14H13FN4O. The zero-order chi connectivity index (χ0) is 13.9. The van der Waals surface area contributed by atoms with Crippen molar-refractivity contribution in [2.45, 2.75) is 6.54 Å². The van der Waals surface area contributed by atoms with Crippen LogP contribution in [0, 0.1) is 0 Å². The van der Waals surface area contributed by atoms with Gasteiger partial charge in [0.2, 0.25) is 0 Å². The van der Waals surface area contributed by atoms with Crippen LogP contribution in [0.3, 0.4) is 0 Å². The third-order valence-electron chi connectivity index (χ3n) is 3.03. The van der Waals surface area contributed by atoms with Crippen molar-refractivity contribution in [3.8, 4) is 0 Å². The number of hydrogen-bond acceptors (Lipinski definition) is 5. The molecule has 0 bridgehead atoms. The van der Waals surface area contributed by atoms with Crippen molar-refractivity contribution in [1.29, 1.82) is 0 Å². The number of aliphatic hydroxyl groups is 1. The number of rotatable bonds is 3. The van der Waals surface area contributed by atoms with Gasteiger partial charge in [-0.25, -0.2) is 4.39 Å². The Labute approximate surface area is 114 Å². The topological polar surface area (TPSA) is 70.1 Å². The first-order valence-corrected chi connectivity index (χ1v) is 6.19. The Hall–Kier alpha value is -2.63. The van der Waals surface area contributed by atoms with Crippen molar-refractivity contribution in [2.24, 2.45) is 0 Å². The molecule has 3 N–H and O–H groups in total. The van der Waals surface area contributed by atoms with Gasteiger partial charge >= 0.3 is 0 Å². The summed E-state index contributed by atoms with van der Waals surface area (Å²) in [5.41, 5.74) is 2.93. The van der Waals surface area contributed by atoms with Gasteiger partial charge in [0.05, 0.1) is 23.3 Å². The van der Waals surface area contributed by atoms with Crippen LogP contribution in [0.1, 0.15) is 5.56 Å². The number of nitrogens with zero attached hydrogens (tertiary/aromatic N) is 2. The fourth-order valence-corrected chi connectivity index (χ4v) is 1.99. The van der Waals surface area contributed by atoms with Crippen LogP contribution in [-0.4, -0.2) is 21.6 Å². The van der Waals surface area contributed by atoms with Crippen molar-refractivity contribution in [3.63, 3.8) is 0 Å². The van der Waals surface area contributed by atoms with E-state index in [2.05, 4.69) is 20.6 Å². The van der Waals surface area contributed by atoms with Crippen LogP contribution in [0.4, 0.5) is 4.39 Å². The zero-order valence-corrected chi connectivity index (χ0v) is 10.6. The van der Waals surface area contributed by atoms with Crippen molar-refractivity contribution >= 4 is 11.0 Å². The van der Waals surface area contributed by atoms with Gasteiger partial charge in [-0.2, -0.15) is 0 Å². The highest BCUT2D eigenvalue weighted by molar-refractivity contribution is 5.74. The van der Waals surface area contributed by atoms with E-state index in [4.69, 9.17) is 0 Å². The Balaban J connectivity index is 1.76. The first-order chi connectivity index (χ1) is 9.74. The minimum absolute atomic E-state index is 0.0164. The van der Waals surface area contributed by atoms with Gasteiger partial charge in [-0.05, 0) is 17.7 Å². The van der Waals surface area contributed by atoms with E-state index in [1.165, 1.54) is 0 Å². The van der Waals surface area contributed by atoms with E-state index in [0.29, 0.717) is 12.2 Å². The van der Waals surface area contributed by atoms with Gasteiger partial charge in [-0.15, -0.1) is 0 Å². The lowest BCUT2D eigenvalue weighted by molar-refractivity contribution is 0.370. The third-order valence-corrected chi connectivity index (χ3v) is 3.03.